The predicted molar refractivity (Wildman–Crippen MR) is 55.7 cm³/mol. The van der Waals surface area contributed by atoms with E-state index in [0.29, 0.717) is 5.75 Å². The standard InChI is InChI=1S/C9H8FIO2/c1-5(12)6-3-8(11)9(13-2)4-7(6)10/h3-4H,1-2H3. The average molecular weight is 294 g/mol. The summed E-state index contributed by atoms with van der Waals surface area (Å²) in [7, 11) is 1.46. The summed E-state index contributed by atoms with van der Waals surface area (Å²) >= 11 is 1.99. The number of rotatable bonds is 2. The highest BCUT2D eigenvalue weighted by molar-refractivity contribution is 14.1. The number of methoxy groups -OCH3 is 1. The highest BCUT2D eigenvalue weighted by Crippen LogP contribution is 2.24. The maximum absolute atomic E-state index is 13.2. The minimum atomic E-state index is -0.537. The number of ketones is 1. The fourth-order valence-electron chi connectivity index (χ4n) is 0.955. The molecule has 0 spiro atoms. The van der Waals surface area contributed by atoms with Crippen LogP contribution in [0.5, 0.6) is 5.75 Å². The molecule has 0 amide bonds. The Hall–Kier alpha value is -0.650. The van der Waals surface area contributed by atoms with Gasteiger partial charge in [0.2, 0.25) is 0 Å². The van der Waals surface area contributed by atoms with E-state index in [2.05, 4.69) is 0 Å². The van der Waals surface area contributed by atoms with E-state index in [4.69, 9.17) is 4.74 Å². The molecule has 0 aliphatic rings. The van der Waals surface area contributed by atoms with Gasteiger partial charge in [-0.2, -0.15) is 0 Å². The second-order valence-electron chi connectivity index (χ2n) is 2.52. The Labute approximate surface area is 89.2 Å². The van der Waals surface area contributed by atoms with E-state index in [1.165, 1.54) is 26.2 Å². The molecular weight excluding hydrogens is 286 g/mol. The zero-order valence-electron chi connectivity index (χ0n) is 7.23. The summed E-state index contributed by atoms with van der Waals surface area (Å²) in [5.41, 5.74) is 0.102. The molecule has 2 nitrogen and oxygen atoms in total. The van der Waals surface area contributed by atoms with Gasteiger partial charge in [0.25, 0.3) is 0 Å². The van der Waals surface area contributed by atoms with Crippen molar-refractivity contribution in [2.24, 2.45) is 0 Å². The van der Waals surface area contributed by atoms with Crippen LogP contribution in [0.1, 0.15) is 17.3 Å². The molecule has 1 rings (SSSR count). The van der Waals surface area contributed by atoms with E-state index < -0.39 is 5.82 Å². The van der Waals surface area contributed by atoms with Crippen molar-refractivity contribution in [3.05, 3.63) is 27.1 Å². The number of carbonyl (C=O) groups is 1. The first kappa shape index (κ1) is 10.4. The number of carbonyl (C=O) groups excluding carboxylic acids is 1. The van der Waals surface area contributed by atoms with Crippen molar-refractivity contribution in [1.29, 1.82) is 0 Å². The molecule has 0 aliphatic carbocycles. The van der Waals surface area contributed by atoms with Crippen molar-refractivity contribution < 1.29 is 13.9 Å². The summed E-state index contributed by atoms with van der Waals surface area (Å²) in [6.45, 7) is 1.33. The summed E-state index contributed by atoms with van der Waals surface area (Å²) in [5.74, 6) is -0.370. The van der Waals surface area contributed by atoms with E-state index in [0.717, 1.165) is 3.57 Å². The van der Waals surface area contributed by atoms with Crippen molar-refractivity contribution in [3.8, 4) is 5.75 Å². The Balaban J connectivity index is 3.28. The minimum absolute atomic E-state index is 0.102. The van der Waals surface area contributed by atoms with Crippen molar-refractivity contribution in [3.63, 3.8) is 0 Å². The molecule has 0 aromatic heterocycles. The molecule has 0 aliphatic heterocycles. The van der Waals surface area contributed by atoms with Gasteiger partial charge in [-0.1, -0.05) is 0 Å². The maximum atomic E-state index is 13.2. The zero-order valence-corrected chi connectivity index (χ0v) is 9.38. The highest BCUT2D eigenvalue weighted by atomic mass is 127. The largest absolute Gasteiger partial charge is 0.496 e. The predicted octanol–water partition coefficient (Wildman–Crippen LogP) is 2.64. The van der Waals surface area contributed by atoms with Gasteiger partial charge in [0.15, 0.2) is 5.78 Å². The van der Waals surface area contributed by atoms with Crippen LogP contribution in [0.15, 0.2) is 12.1 Å². The van der Waals surface area contributed by atoms with E-state index in [1.807, 2.05) is 22.6 Å². The van der Waals surface area contributed by atoms with Gasteiger partial charge in [-0.15, -0.1) is 0 Å². The van der Waals surface area contributed by atoms with Crippen LogP contribution in [0, 0.1) is 9.39 Å². The Morgan fingerprint density at radius 2 is 2.15 bits per heavy atom. The summed E-state index contributed by atoms with van der Waals surface area (Å²) in [6, 6.07) is 2.70. The van der Waals surface area contributed by atoms with E-state index in [9.17, 15) is 9.18 Å². The molecule has 0 radical (unpaired) electrons. The Kier molecular flexibility index (Phi) is 3.24. The Bertz CT molecular complexity index is 350. The molecule has 0 unspecified atom stereocenters. The third-order valence-electron chi connectivity index (χ3n) is 1.62. The zero-order chi connectivity index (χ0) is 10.0. The monoisotopic (exact) mass is 294 g/mol. The van der Waals surface area contributed by atoms with E-state index in [-0.39, 0.29) is 11.3 Å². The van der Waals surface area contributed by atoms with Crippen molar-refractivity contribution in [1.82, 2.24) is 0 Å². The first-order valence-electron chi connectivity index (χ1n) is 3.60. The third kappa shape index (κ3) is 2.18. The lowest BCUT2D eigenvalue weighted by Crippen LogP contribution is -1.99. The average Bonchev–Trinajstić information content (AvgIpc) is 2.07. The van der Waals surface area contributed by atoms with Gasteiger partial charge in [0.05, 0.1) is 16.2 Å². The fourth-order valence-corrected chi connectivity index (χ4v) is 1.64. The summed E-state index contributed by atoms with van der Waals surface area (Å²) in [4.78, 5) is 10.9. The van der Waals surface area contributed by atoms with Gasteiger partial charge in [0, 0.05) is 6.07 Å². The van der Waals surface area contributed by atoms with Crippen LogP contribution >= 0.6 is 22.6 Å². The molecule has 0 fully saturated rings. The number of halogens is 2. The molecule has 4 heteroatoms. The lowest BCUT2D eigenvalue weighted by molar-refractivity contribution is 0.101. The summed E-state index contributed by atoms with van der Waals surface area (Å²) < 4.78 is 18.8. The summed E-state index contributed by atoms with van der Waals surface area (Å²) in [6.07, 6.45) is 0. The van der Waals surface area contributed by atoms with Crippen LogP contribution in [-0.4, -0.2) is 12.9 Å². The molecule has 70 valence electrons. The maximum Gasteiger partial charge on any atom is 0.162 e. The van der Waals surface area contributed by atoms with Crippen molar-refractivity contribution >= 4 is 28.4 Å². The number of hydrogen-bond acceptors (Lipinski definition) is 2. The normalized spacial score (nSPS) is 9.85. The second-order valence-corrected chi connectivity index (χ2v) is 3.68. The van der Waals surface area contributed by atoms with E-state index >= 15 is 0 Å². The van der Waals surface area contributed by atoms with Gasteiger partial charge < -0.3 is 4.74 Å². The van der Waals surface area contributed by atoms with Crippen molar-refractivity contribution in [2.45, 2.75) is 6.92 Å². The SMILES string of the molecule is COc1cc(F)c(C(C)=O)cc1I. The molecule has 0 saturated carbocycles. The highest BCUT2D eigenvalue weighted by Gasteiger charge is 2.11. The Morgan fingerprint density at radius 1 is 1.54 bits per heavy atom. The number of benzene rings is 1. The van der Waals surface area contributed by atoms with Crippen molar-refractivity contribution in [2.75, 3.05) is 7.11 Å². The molecule has 0 N–H and O–H groups in total. The quantitative estimate of drug-likeness (QED) is 0.619. The third-order valence-corrected chi connectivity index (χ3v) is 2.46. The van der Waals surface area contributed by atoms with Crippen LogP contribution in [-0.2, 0) is 0 Å². The van der Waals surface area contributed by atoms with Gasteiger partial charge in [-0.05, 0) is 35.6 Å². The molecular formula is C9H8FIO2. The molecule has 0 atom stereocenters. The molecule has 1 aromatic rings. The van der Waals surface area contributed by atoms with Gasteiger partial charge in [-0.3, -0.25) is 4.79 Å². The number of ether oxygens (including phenoxy) is 1. The molecule has 1 aromatic carbocycles. The van der Waals surface area contributed by atoms with Gasteiger partial charge in [-0.25, -0.2) is 4.39 Å². The smallest absolute Gasteiger partial charge is 0.162 e. The molecule has 0 bridgehead atoms. The number of hydrogen-bond donors (Lipinski definition) is 0. The lowest BCUT2D eigenvalue weighted by atomic mass is 10.1. The molecule has 0 saturated heterocycles. The topological polar surface area (TPSA) is 26.3 Å². The van der Waals surface area contributed by atoms with E-state index in [1.54, 1.807) is 0 Å². The molecule has 0 heterocycles. The van der Waals surface area contributed by atoms with Crippen LogP contribution in [0.25, 0.3) is 0 Å². The van der Waals surface area contributed by atoms with Gasteiger partial charge >= 0.3 is 0 Å². The molecule has 13 heavy (non-hydrogen) atoms. The second kappa shape index (κ2) is 4.04. The van der Waals surface area contributed by atoms with Crippen LogP contribution in [0.4, 0.5) is 4.39 Å². The fraction of sp³-hybridized carbons (Fsp3) is 0.222. The lowest BCUT2D eigenvalue weighted by Gasteiger charge is -2.05. The first-order chi connectivity index (χ1) is 6.06. The summed E-state index contributed by atoms with van der Waals surface area (Å²) in [5, 5.41) is 0. The van der Waals surface area contributed by atoms with Crippen LogP contribution < -0.4 is 4.74 Å². The minimum Gasteiger partial charge on any atom is -0.496 e. The van der Waals surface area contributed by atoms with Crippen LogP contribution in [0.2, 0.25) is 0 Å². The van der Waals surface area contributed by atoms with Gasteiger partial charge in [0.1, 0.15) is 11.6 Å². The number of Topliss-reactive ketones (excluding diaryl/α,β-unsaturated/α-hetero) is 1. The van der Waals surface area contributed by atoms with Crippen LogP contribution in [0.3, 0.4) is 0 Å². The Morgan fingerprint density at radius 3 is 2.62 bits per heavy atom. The first-order valence-corrected chi connectivity index (χ1v) is 4.68.